The van der Waals surface area contributed by atoms with Gasteiger partial charge in [-0.3, -0.25) is 4.79 Å². The summed E-state index contributed by atoms with van der Waals surface area (Å²) < 4.78 is 0. The number of aromatic nitrogens is 2. The molecule has 0 radical (unpaired) electrons. The molecule has 1 amide bonds. The number of anilines is 1. The minimum absolute atomic E-state index is 0.0149. The van der Waals surface area contributed by atoms with Crippen LogP contribution in [-0.2, 0) is 4.79 Å². The molecule has 2 heterocycles. The van der Waals surface area contributed by atoms with Crippen LogP contribution in [0.25, 0.3) is 0 Å². The highest BCUT2D eigenvalue weighted by molar-refractivity contribution is 5.79. The van der Waals surface area contributed by atoms with E-state index >= 15 is 0 Å². The third-order valence-corrected chi connectivity index (χ3v) is 4.48. The predicted molar refractivity (Wildman–Crippen MR) is 85.4 cm³/mol. The van der Waals surface area contributed by atoms with Crippen molar-refractivity contribution < 1.29 is 9.90 Å². The minimum atomic E-state index is -0.166. The summed E-state index contributed by atoms with van der Waals surface area (Å²) >= 11 is 0. The second kappa shape index (κ2) is 8.08. The lowest BCUT2D eigenvalue weighted by atomic mass is 9.95. The van der Waals surface area contributed by atoms with E-state index in [1.165, 1.54) is 0 Å². The normalized spacial score (nSPS) is 21.2. The molecule has 122 valence electrons. The molecule has 0 bridgehead atoms. The highest BCUT2D eigenvalue weighted by Crippen LogP contribution is 2.20. The third-order valence-electron chi connectivity index (χ3n) is 4.48. The molecule has 1 aromatic rings. The third kappa shape index (κ3) is 4.16. The number of piperidine rings is 1. The van der Waals surface area contributed by atoms with Crippen molar-refractivity contribution in [1.29, 1.82) is 0 Å². The molecule has 1 fully saturated rings. The number of hydrogen-bond donors (Lipinski definition) is 2. The number of carbonyl (C=O) groups excluding carboxylic acids is 1. The molecule has 1 saturated heterocycles. The Kier molecular flexibility index (Phi) is 6.12. The highest BCUT2D eigenvalue weighted by Gasteiger charge is 2.29. The van der Waals surface area contributed by atoms with E-state index in [4.69, 9.17) is 0 Å². The van der Waals surface area contributed by atoms with E-state index in [0.717, 1.165) is 25.8 Å². The number of carbonyl (C=O) groups is 1. The molecular formula is C16H26N4O2. The maximum atomic E-state index is 12.5. The van der Waals surface area contributed by atoms with Crippen LogP contribution in [0.15, 0.2) is 18.5 Å². The topological polar surface area (TPSA) is 78.4 Å². The molecule has 1 aliphatic rings. The molecule has 6 nitrogen and oxygen atoms in total. The van der Waals surface area contributed by atoms with Crippen LogP contribution in [0.2, 0.25) is 0 Å². The number of nitrogens with zero attached hydrogens (tertiary/aromatic N) is 3. The standard InChI is InChI=1S/C16H26N4O2/c1-3-12(2)14(11-21)19-15(22)13-6-4-9-20(10-13)16-17-7-5-8-18-16/h5,7-8,12-14,21H,3-4,6,9-11H2,1-2H3,(H,19,22)/t12-,13+,14-/m0/s1. The molecule has 3 atom stereocenters. The van der Waals surface area contributed by atoms with Crippen LogP contribution in [0.5, 0.6) is 0 Å². The largest absolute Gasteiger partial charge is 0.394 e. The Bertz CT molecular complexity index is 468. The summed E-state index contributed by atoms with van der Waals surface area (Å²) in [6, 6.07) is 1.62. The molecule has 0 unspecified atom stereocenters. The van der Waals surface area contributed by atoms with Crippen LogP contribution in [0.4, 0.5) is 5.95 Å². The van der Waals surface area contributed by atoms with Crippen molar-refractivity contribution >= 4 is 11.9 Å². The number of amides is 1. The molecule has 6 heteroatoms. The van der Waals surface area contributed by atoms with Gasteiger partial charge in [0.25, 0.3) is 0 Å². The first kappa shape index (κ1) is 16.7. The molecule has 2 N–H and O–H groups in total. The van der Waals surface area contributed by atoms with Gasteiger partial charge >= 0.3 is 0 Å². The summed E-state index contributed by atoms with van der Waals surface area (Å²) in [5.74, 6) is 0.905. The number of hydrogen-bond acceptors (Lipinski definition) is 5. The molecule has 22 heavy (non-hydrogen) atoms. The summed E-state index contributed by atoms with van der Waals surface area (Å²) in [6.07, 6.45) is 6.19. The first-order valence-electron chi connectivity index (χ1n) is 8.08. The number of aliphatic hydroxyl groups excluding tert-OH is 1. The zero-order chi connectivity index (χ0) is 15.9. The lowest BCUT2D eigenvalue weighted by Crippen LogP contribution is -2.49. The quantitative estimate of drug-likeness (QED) is 0.826. The fourth-order valence-corrected chi connectivity index (χ4v) is 2.78. The second-order valence-corrected chi connectivity index (χ2v) is 6.02. The van der Waals surface area contributed by atoms with Crippen molar-refractivity contribution in [3.63, 3.8) is 0 Å². The van der Waals surface area contributed by atoms with E-state index < -0.39 is 0 Å². The van der Waals surface area contributed by atoms with E-state index in [-0.39, 0.29) is 30.4 Å². The zero-order valence-electron chi connectivity index (χ0n) is 13.4. The molecule has 0 spiro atoms. The Balaban J connectivity index is 1.95. The van der Waals surface area contributed by atoms with Crippen LogP contribution in [0.1, 0.15) is 33.1 Å². The lowest BCUT2D eigenvalue weighted by Gasteiger charge is -2.33. The predicted octanol–water partition coefficient (Wildman–Crippen LogP) is 1.22. The van der Waals surface area contributed by atoms with Crippen LogP contribution in [0, 0.1) is 11.8 Å². The Morgan fingerprint density at radius 3 is 2.86 bits per heavy atom. The second-order valence-electron chi connectivity index (χ2n) is 6.02. The van der Waals surface area contributed by atoms with Gasteiger partial charge in [-0.15, -0.1) is 0 Å². The average Bonchev–Trinajstić information content (AvgIpc) is 2.59. The van der Waals surface area contributed by atoms with Crippen molar-refractivity contribution in [3.05, 3.63) is 18.5 Å². The van der Waals surface area contributed by atoms with Crippen LogP contribution in [-0.4, -0.2) is 46.7 Å². The number of aliphatic hydroxyl groups is 1. The molecule has 1 aromatic heterocycles. The summed E-state index contributed by atoms with van der Waals surface area (Å²) in [4.78, 5) is 23.1. The molecule has 0 saturated carbocycles. The van der Waals surface area contributed by atoms with Gasteiger partial charge in [0.1, 0.15) is 0 Å². The van der Waals surface area contributed by atoms with Crippen molar-refractivity contribution in [2.45, 2.75) is 39.2 Å². The molecule has 0 aliphatic carbocycles. The summed E-state index contributed by atoms with van der Waals surface area (Å²) in [5.41, 5.74) is 0. The van der Waals surface area contributed by atoms with Crippen LogP contribution >= 0.6 is 0 Å². The van der Waals surface area contributed by atoms with Crippen molar-refractivity contribution in [2.75, 3.05) is 24.6 Å². The van der Waals surface area contributed by atoms with E-state index in [9.17, 15) is 9.90 Å². The fourth-order valence-electron chi connectivity index (χ4n) is 2.78. The number of nitrogens with one attached hydrogen (secondary N) is 1. The van der Waals surface area contributed by atoms with Gasteiger partial charge in [0.15, 0.2) is 0 Å². The smallest absolute Gasteiger partial charge is 0.225 e. The van der Waals surface area contributed by atoms with Gasteiger partial charge < -0.3 is 15.3 Å². The first-order valence-corrected chi connectivity index (χ1v) is 8.08. The van der Waals surface area contributed by atoms with Crippen molar-refractivity contribution in [1.82, 2.24) is 15.3 Å². The minimum Gasteiger partial charge on any atom is -0.394 e. The maximum absolute atomic E-state index is 12.5. The Morgan fingerprint density at radius 1 is 1.50 bits per heavy atom. The van der Waals surface area contributed by atoms with Gasteiger partial charge in [-0.1, -0.05) is 20.3 Å². The average molecular weight is 306 g/mol. The SMILES string of the molecule is CC[C@H](C)[C@H](CO)NC(=O)[C@@H]1CCCN(c2ncccn2)C1. The molecular weight excluding hydrogens is 280 g/mol. The van der Waals surface area contributed by atoms with Gasteiger partial charge in [0, 0.05) is 25.5 Å². The Labute approximate surface area is 132 Å². The first-order chi connectivity index (χ1) is 10.7. The lowest BCUT2D eigenvalue weighted by molar-refractivity contribution is -0.126. The van der Waals surface area contributed by atoms with Crippen molar-refractivity contribution in [2.24, 2.45) is 11.8 Å². The summed E-state index contributed by atoms with van der Waals surface area (Å²) in [7, 11) is 0. The molecule has 1 aliphatic heterocycles. The fraction of sp³-hybridized carbons (Fsp3) is 0.688. The highest BCUT2D eigenvalue weighted by atomic mass is 16.3. The van der Waals surface area contributed by atoms with Gasteiger partial charge in [-0.2, -0.15) is 0 Å². The van der Waals surface area contributed by atoms with Crippen LogP contribution < -0.4 is 10.2 Å². The molecule has 2 rings (SSSR count). The van der Waals surface area contributed by atoms with Gasteiger partial charge in [-0.05, 0) is 24.8 Å². The Hall–Kier alpha value is -1.69. The van der Waals surface area contributed by atoms with Gasteiger partial charge in [0.2, 0.25) is 11.9 Å². The van der Waals surface area contributed by atoms with Crippen molar-refractivity contribution in [3.8, 4) is 0 Å². The Morgan fingerprint density at radius 2 is 2.23 bits per heavy atom. The van der Waals surface area contributed by atoms with E-state index in [1.807, 2.05) is 6.92 Å². The zero-order valence-corrected chi connectivity index (χ0v) is 13.4. The summed E-state index contributed by atoms with van der Waals surface area (Å²) in [5, 5.41) is 12.5. The number of rotatable bonds is 6. The summed E-state index contributed by atoms with van der Waals surface area (Å²) in [6.45, 7) is 5.61. The van der Waals surface area contributed by atoms with Gasteiger partial charge in [-0.25, -0.2) is 9.97 Å². The van der Waals surface area contributed by atoms with E-state index in [2.05, 4.69) is 27.1 Å². The van der Waals surface area contributed by atoms with Gasteiger partial charge in [0.05, 0.1) is 18.6 Å². The monoisotopic (exact) mass is 306 g/mol. The van der Waals surface area contributed by atoms with E-state index in [1.54, 1.807) is 18.5 Å². The van der Waals surface area contributed by atoms with Crippen LogP contribution in [0.3, 0.4) is 0 Å². The van der Waals surface area contributed by atoms with E-state index in [0.29, 0.717) is 12.5 Å². The molecule has 0 aromatic carbocycles. The maximum Gasteiger partial charge on any atom is 0.225 e.